The lowest BCUT2D eigenvalue weighted by molar-refractivity contribution is -0.385. The number of non-ortho nitro benzene ring substituents is 1. The van der Waals surface area contributed by atoms with Crippen molar-refractivity contribution in [3.8, 4) is 5.75 Å². The van der Waals surface area contributed by atoms with Crippen LogP contribution in [0.25, 0.3) is 0 Å². The number of anilines is 1. The normalized spacial score (nSPS) is 10.8. The summed E-state index contributed by atoms with van der Waals surface area (Å²) in [6.45, 7) is -0.602. The van der Waals surface area contributed by atoms with E-state index in [-0.39, 0.29) is 16.3 Å². The van der Waals surface area contributed by atoms with Crippen LogP contribution in [0.3, 0.4) is 0 Å². The standard InChI is InChI=1S/C16H16N2O7S/c1-24-14-7-3-5-12(9-14)17(11-16(19)25-2)26(22,23)15-8-4-6-13(10-15)18(20)21/h3-10H,11H2,1-2H3. The number of hydrogen-bond acceptors (Lipinski definition) is 7. The minimum Gasteiger partial charge on any atom is -0.497 e. The molecule has 0 aliphatic rings. The largest absolute Gasteiger partial charge is 0.497 e. The van der Waals surface area contributed by atoms with Gasteiger partial charge in [-0.3, -0.25) is 19.2 Å². The molecule has 2 aromatic rings. The van der Waals surface area contributed by atoms with Gasteiger partial charge in [0.25, 0.3) is 15.7 Å². The Morgan fingerprint density at radius 3 is 2.46 bits per heavy atom. The van der Waals surface area contributed by atoms with Gasteiger partial charge >= 0.3 is 5.97 Å². The Labute approximate surface area is 150 Å². The van der Waals surface area contributed by atoms with E-state index >= 15 is 0 Å². The molecule has 0 heterocycles. The second-order valence-corrected chi connectivity index (χ2v) is 6.91. The number of nitro groups is 1. The van der Waals surface area contributed by atoms with E-state index in [1.54, 1.807) is 12.1 Å². The first kappa shape index (κ1) is 19.2. The number of esters is 1. The summed E-state index contributed by atoms with van der Waals surface area (Å²) in [5.74, 6) is -0.409. The molecule has 0 unspecified atom stereocenters. The first-order valence-corrected chi connectivity index (χ1v) is 8.71. The molecular weight excluding hydrogens is 364 g/mol. The van der Waals surface area contributed by atoms with E-state index in [1.165, 1.54) is 37.4 Å². The molecule has 0 bridgehead atoms. The lowest BCUT2D eigenvalue weighted by atomic mass is 10.3. The van der Waals surface area contributed by atoms with E-state index in [0.717, 1.165) is 17.5 Å². The van der Waals surface area contributed by atoms with Gasteiger partial charge < -0.3 is 9.47 Å². The van der Waals surface area contributed by atoms with Crippen molar-refractivity contribution in [2.45, 2.75) is 4.90 Å². The van der Waals surface area contributed by atoms with Crippen LogP contribution in [-0.4, -0.2) is 40.1 Å². The van der Waals surface area contributed by atoms with Gasteiger partial charge in [0.2, 0.25) is 0 Å². The highest BCUT2D eigenvalue weighted by Gasteiger charge is 2.29. The van der Waals surface area contributed by atoms with E-state index in [1.807, 2.05) is 0 Å². The Morgan fingerprint density at radius 1 is 1.15 bits per heavy atom. The van der Waals surface area contributed by atoms with Crippen LogP contribution in [0, 0.1) is 10.1 Å². The molecular formula is C16H16N2O7S. The molecule has 2 rings (SSSR count). The summed E-state index contributed by atoms with van der Waals surface area (Å²) < 4.78 is 36.5. The maximum absolute atomic E-state index is 13.0. The summed E-state index contributed by atoms with van der Waals surface area (Å²) in [5, 5.41) is 10.9. The number of rotatable bonds is 7. The number of nitrogens with zero attached hydrogens (tertiary/aromatic N) is 2. The highest BCUT2D eigenvalue weighted by molar-refractivity contribution is 7.92. The van der Waals surface area contributed by atoms with Gasteiger partial charge in [-0.15, -0.1) is 0 Å². The van der Waals surface area contributed by atoms with Gasteiger partial charge in [0, 0.05) is 18.2 Å². The van der Waals surface area contributed by atoms with Gasteiger partial charge in [0.1, 0.15) is 12.3 Å². The van der Waals surface area contributed by atoms with Crippen molar-refractivity contribution in [3.63, 3.8) is 0 Å². The van der Waals surface area contributed by atoms with Crippen molar-refractivity contribution < 1.29 is 27.6 Å². The quantitative estimate of drug-likeness (QED) is 0.409. The molecule has 10 heteroatoms. The maximum atomic E-state index is 13.0. The van der Waals surface area contributed by atoms with Crippen LogP contribution in [-0.2, 0) is 19.6 Å². The summed E-state index contributed by atoms with van der Waals surface area (Å²) >= 11 is 0. The molecule has 0 saturated heterocycles. The molecule has 0 saturated carbocycles. The third kappa shape index (κ3) is 4.09. The second-order valence-electron chi connectivity index (χ2n) is 5.04. The zero-order valence-electron chi connectivity index (χ0n) is 14.0. The first-order valence-electron chi connectivity index (χ1n) is 7.27. The van der Waals surface area contributed by atoms with Gasteiger partial charge in [0.15, 0.2) is 0 Å². The number of sulfonamides is 1. The number of carbonyl (C=O) groups excluding carboxylic acids is 1. The molecule has 2 aromatic carbocycles. The average Bonchev–Trinajstić information content (AvgIpc) is 2.65. The van der Waals surface area contributed by atoms with Crippen molar-refractivity contribution in [1.82, 2.24) is 0 Å². The van der Waals surface area contributed by atoms with Crippen LogP contribution in [0.2, 0.25) is 0 Å². The third-order valence-corrected chi connectivity index (χ3v) is 5.23. The first-order chi connectivity index (χ1) is 12.3. The van der Waals surface area contributed by atoms with Crippen LogP contribution in [0.1, 0.15) is 0 Å². The fourth-order valence-electron chi connectivity index (χ4n) is 2.15. The topological polar surface area (TPSA) is 116 Å². The minimum absolute atomic E-state index is 0.154. The lowest BCUT2D eigenvalue weighted by Gasteiger charge is -2.23. The Bertz CT molecular complexity index is 928. The van der Waals surface area contributed by atoms with Gasteiger partial charge in [-0.1, -0.05) is 12.1 Å². The molecule has 0 radical (unpaired) electrons. The molecule has 0 amide bonds. The van der Waals surface area contributed by atoms with Crippen molar-refractivity contribution in [2.75, 3.05) is 25.1 Å². The number of methoxy groups -OCH3 is 2. The lowest BCUT2D eigenvalue weighted by Crippen LogP contribution is -2.36. The van der Waals surface area contributed by atoms with Crippen LogP contribution in [0.15, 0.2) is 53.4 Å². The Morgan fingerprint density at radius 2 is 1.85 bits per heavy atom. The van der Waals surface area contributed by atoms with Crippen LogP contribution in [0.4, 0.5) is 11.4 Å². The summed E-state index contributed by atoms with van der Waals surface area (Å²) in [6, 6.07) is 10.6. The predicted molar refractivity (Wildman–Crippen MR) is 92.6 cm³/mol. The fourth-order valence-corrected chi connectivity index (χ4v) is 3.59. The monoisotopic (exact) mass is 380 g/mol. The fraction of sp³-hybridized carbons (Fsp3) is 0.188. The van der Waals surface area contributed by atoms with Crippen molar-refractivity contribution in [3.05, 3.63) is 58.6 Å². The van der Waals surface area contributed by atoms with Crippen molar-refractivity contribution in [2.24, 2.45) is 0 Å². The van der Waals surface area contributed by atoms with E-state index < -0.39 is 27.5 Å². The highest BCUT2D eigenvalue weighted by Crippen LogP contribution is 2.28. The van der Waals surface area contributed by atoms with Crippen molar-refractivity contribution in [1.29, 1.82) is 0 Å². The molecule has 9 nitrogen and oxygen atoms in total. The van der Waals surface area contributed by atoms with Gasteiger partial charge in [-0.05, 0) is 18.2 Å². The van der Waals surface area contributed by atoms with E-state index in [2.05, 4.69) is 4.74 Å². The Balaban J connectivity index is 2.57. The number of nitro benzene ring substituents is 1. The Hall–Kier alpha value is -3.14. The van der Waals surface area contributed by atoms with Gasteiger partial charge in [-0.2, -0.15) is 0 Å². The predicted octanol–water partition coefficient (Wildman–Crippen LogP) is 1.97. The van der Waals surface area contributed by atoms with Gasteiger partial charge in [-0.25, -0.2) is 8.42 Å². The molecule has 0 spiro atoms. The number of benzene rings is 2. The molecule has 0 fully saturated rings. The zero-order valence-corrected chi connectivity index (χ0v) is 14.8. The summed E-state index contributed by atoms with van der Waals surface area (Å²) in [7, 11) is -1.72. The summed E-state index contributed by atoms with van der Waals surface area (Å²) in [4.78, 5) is 21.6. The summed E-state index contributed by atoms with van der Waals surface area (Å²) in [6.07, 6.45) is 0. The van der Waals surface area contributed by atoms with E-state index in [9.17, 15) is 23.3 Å². The maximum Gasteiger partial charge on any atom is 0.326 e. The molecule has 0 N–H and O–H groups in total. The van der Waals surface area contributed by atoms with Gasteiger partial charge in [0.05, 0.1) is 29.7 Å². The molecule has 0 aliphatic carbocycles. The smallest absolute Gasteiger partial charge is 0.326 e. The van der Waals surface area contributed by atoms with Crippen molar-refractivity contribution >= 4 is 27.4 Å². The average molecular weight is 380 g/mol. The molecule has 0 aliphatic heterocycles. The molecule has 138 valence electrons. The van der Waals surface area contributed by atoms with E-state index in [4.69, 9.17) is 4.74 Å². The molecule has 0 aromatic heterocycles. The molecule has 0 atom stereocenters. The van der Waals surface area contributed by atoms with Crippen LogP contribution in [0.5, 0.6) is 5.75 Å². The zero-order chi connectivity index (χ0) is 19.3. The number of hydrogen-bond donors (Lipinski definition) is 0. The number of ether oxygens (including phenoxy) is 2. The van der Waals surface area contributed by atoms with Crippen LogP contribution >= 0.6 is 0 Å². The minimum atomic E-state index is -4.27. The SMILES string of the molecule is COC(=O)CN(c1cccc(OC)c1)S(=O)(=O)c1cccc([N+](=O)[O-])c1. The summed E-state index contributed by atoms with van der Waals surface area (Å²) in [5.41, 5.74) is -0.226. The van der Waals surface area contributed by atoms with E-state index in [0.29, 0.717) is 5.75 Å². The Kier molecular flexibility index (Phi) is 5.78. The van der Waals surface area contributed by atoms with Crippen LogP contribution < -0.4 is 9.04 Å². The highest BCUT2D eigenvalue weighted by atomic mass is 32.2. The second kappa shape index (κ2) is 7.83. The third-order valence-electron chi connectivity index (χ3n) is 3.46. The number of carbonyl (C=O) groups is 1. The molecule has 26 heavy (non-hydrogen) atoms.